The average molecular weight is 371 g/mol. The molecular weight excluding hydrogens is 344 g/mol. The largest absolute Gasteiger partial charge is 0.495 e. The minimum absolute atomic E-state index is 0.308. The van der Waals surface area contributed by atoms with Gasteiger partial charge in [-0.15, -0.1) is 0 Å². The lowest BCUT2D eigenvalue weighted by Gasteiger charge is -2.21. The molecule has 0 aliphatic heterocycles. The normalized spacial score (nSPS) is 14.8. The Labute approximate surface area is 154 Å². The first-order valence-corrected chi connectivity index (χ1v) is 9.09. The van der Waals surface area contributed by atoms with Gasteiger partial charge in [0, 0.05) is 19.2 Å². The van der Waals surface area contributed by atoms with Crippen molar-refractivity contribution in [2.75, 3.05) is 32.7 Å². The van der Waals surface area contributed by atoms with E-state index < -0.39 is 0 Å². The fraction of sp³-hybridized carbons (Fsp3) is 0.611. The molecule has 0 spiro atoms. The number of rotatable bonds is 8. The highest BCUT2D eigenvalue weighted by Gasteiger charge is 2.14. The van der Waals surface area contributed by atoms with Crippen molar-refractivity contribution in [3.8, 4) is 11.5 Å². The number of nitrogens with one attached hydrogen (secondary N) is 2. The molecule has 2 rings (SSSR count). The number of urea groups is 1. The minimum Gasteiger partial charge on any atom is -0.495 e. The number of halogens is 1. The molecule has 1 saturated carbocycles. The van der Waals surface area contributed by atoms with Crippen molar-refractivity contribution in [1.82, 2.24) is 5.32 Å². The van der Waals surface area contributed by atoms with Gasteiger partial charge in [0.1, 0.15) is 11.5 Å². The number of benzene rings is 1. The molecule has 140 valence electrons. The standard InChI is InChI=1S/C18H27ClN2O4/c1-23-16-12-17(24-2)15(11-14(16)19)21-18(22)20-9-6-10-25-13-7-4-3-5-8-13/h11-13H,3-10H2,1-2H3,(H2,20,21,22). The lowest BCUT2D eigenvalue weighted by Crippen LogP contribution is -2.30. The number of ether oxygens (including phenoxy) is 3. The van der Waals surface area contributed by atoms with E-state index in [-0.39, 0.29) is 6.03 Å². The molecular formula is C18H27ClN2O4. The molecule has 6 nitrogen and oxygen atoms in total. The maximum atomic E-state index is 12.0. The molecule has 7 heteroatoms. The van der Waals surface area contributed by atoms with Crippen LogP contribution in [0.3, 0.4) is 0 Å². The topological polar surface area (TPSA) is 68.8 Å². The zero-order valence-corrected chi connectivity index (χ0v) is 15.7. The molecule has 0 bridgehead atoms. The van der Waals surface area contributed by atoms with Crippen LogP contribution in [-0.2, 0) is 4.74 Å². The summed E-state index contributed by atoms with van der Waals surface area (Å²) in [4.78, 5) is 12.0. The summed E-state index contributed by atoms with van der Waals surface area (Å²) < 4.78 is 16.2. The maximum absolute atomic E-state index is 12.0. The molecule has 0 unspecified atom stereocenters. The number of hydrogen-bond acceptors (Lipinski definition) is 4. The number of amides is 2. The van der Waals surface area contributed by atoms with Crippen LogP contribution in [-0.4, -0.2) is 39.5 Å². The third-order valence-electron chi connectivity index (χ3n) is 4.23. The first-order chi connectivity index (χ1) is 12.1. The lowest BCUT2D eigenvalue weighted by molar-refractivity contribution is 0.0276. The van der Waals surface area contributed by atoms with Crippen LogP contribution < -0.4 is 20.1 Å². The van der Waals surface area contributed by atoms with Crippen LogP contribution in [0.15, 0.2) is 12.1 Å². The number of carbonyl (C=O) groups is 1. The van der Waals surface area contributed by atoms with E-state index in [1.807, 2.05) is 0 Å². The van der Waals surface area contributed by atoms with Gasteiger partial charge >= 0.3 is 6.03 Å². The molecule has 2 N–H and O–H groups in total. The summed E-state index contributed by atoms with van der Waals surface area (Å²) in [7, 11) is 3.05. The molecule has 0 heterocycles. The Morgan fingerprint density at radius 3 is 2.56 bits per heavy atom. The second-order valence-electron chi connectivity index (χ2n) is 6.05. The Morgan fingerprint density at radius 2 is 1.88 bits per heavy atom. The van der Waals surface area contributed by atoms with Crippen molar-refractivity contribution < 1.29 is 19.0 Å². The summed E-state index contributed by atoms with van der Waals surface area (Å²) in [5.41, 5.74) is 0.490. The molecule has 1 fully saturated rings. The van der Waals surface area contributed by atoms with Gasteiger partial charge < -0.3 is 24.8 Å². The van der Waals surface area contributed by atoms with E-state index in [0.717, 1.165) is 19.3 Å². The van der Waals surface area contributed by atoms with Gasteiger partial charge in [0.2, 0.25) is 0 Å². The number of carbonyl (C=O) groups excluding carboxylic acids is 1. The minimum atomic E-state index is -0.308. The first-order valence-electron chi connectivity index (χ1n) is 8.72. The van der Waals surface area contributed by atoms with E-state index in [2.05, 4.69) is 10.6 Å². The summed E-state index contributed by atoms with van der Waals surface area (Å²) in [5.74, 6) is 0.973. The molecule has 1 aliphatic carbocycles. The van der Waals surface area contributed by atoms with E-state index in [1.165, 1.54) is 33.5 Å². The Balaban J connectivity index is 1.72. The number of methoxy groups -OCH3 is 2. The second kappa shape index (κ2) is 10.4. The second-order valence-corrected chi connectivity index (χ2v) is 6.46. The fourth-order valence-corrected chi connectivity index (χ4v) is 3.12. The number of hydrogen-bond donors (Lipinski definition) is 2. The molecule has 0 radical (unpaired) electrons. The monoisotopic (exact) mass is 370 g/mol. The zero-order valence-electron chi connectivity index (χ0n) is 14.9. The van der Waals surface area contributed by atoms with Crippen LogP contribution in [0, 0.1) is 0 Å². The summed E-state index contributed by atoms with van der Waals surface area (Å²) in [6, 6.07) is 2.93. The first kappa shape index (κ1) is 19.7. The molecule has 1 aromatic carbocycles. The lowest BCUT2D eigenvalue weighted by atomic mass is 9.98. The van der Waals surface area contributed by atoms with Gasteiger partial charge in [-0.1, -0.05) is 30.9 Å². The van der Waals surface area contributed by atoms with Crippen LogP contribution in [0.1, 0.15) is 38.5 Å². The SMILES string of the molecule is COc1cc(OC)c(NC(=O)NCCCOC2CCCCC2)cc1Cl. The summed E-state index contributed by atoms with van der Waals surface area (Å²) in [6.45, 7) is 1.22. The molecule has 0 atom stereocenters. The quantitative estimate of drug-likeness (QED) is 0.672. The van der Waals surface area contributed by atoms with E-state index in [9.17, 15) is 4.79 Å². The number of anilines is 1. The van der Waals surface area contributed by atoms with Crippen LogP contribution in [0.5, 0.6) is 11.5 Å². The van der Waals surface area contributed by atoms with Crippen molar-refractivity contribution in [1.29, 1.82) is 0 Å². The van der Waals surface area contributed by atoms with E-state index in [4.69, 9.17) is 25.8 Å². The van der Waals surface area contributed by atoms with Gasteiger partial charge in [-0.3, -0.25) is 0 Å². The molecule has 25 heavy (non-hydrogen) atoms. The Hall–Kier alpha value is -1.66. The Morgan fingerprint density at radius 1 is 1.16 bits per heavy atom. The third kappa shape index (κ3) is 6.29. The zero-order chi connectivity index (χ0) is 18.1. The average Bonchev–Trinajstić information content (AvgIpc) is 2.62. The van der Waals surface area contributed by atoms with Gasteiger partial charge in [0.05, 0.1) is 31.0 Å². The van der Waals surface area contributed by atoms with Crippen LogP contribution in [0.4, 0.5) is 10.5 Å². The van der Waals surface area contributed by atoms with Crippen LogP contribution in [0.25, 0.3) is 0 Å². The van der Waals surface area contributed by atoms with E-state index in [0.29, 0.717) is 41.5 Å². The van der Waals surface area contributed by atoms with Gasteiger partial charge in [-0.05, 0) is 25.3 Å². The van der Waals surface area contributed by atoms with Crippen LogP contribution in [0.2, 0.25) is 5.02 Å². The summed E-state index contributed by atoms with van der Waals surface area (Å²) >= 11 is 6.09. The van der Waals surface area contributed by atoms with Crippen molar-refractivity contribution in [2.45, 2.75) is 44.6 Å². The molecule has 2 amide bonds. The molecule has 1 aliphatic rings. The van der Waals surface area contributed by atoms with Gasteiger partial charge in [0.15, 0.2) is 0 Å². The summed E-state index contributed by atoms with van der Waals surface area (Å²) in [5, 5.41) is 5.95. The highest BCUT2D eigenvalue weighted by molar-refractivity contribution is 6.32. The van der Waals surface area contributed by atoms with Gasteiger partial charge in [-0.2, -0.15) is 0 Å². The molecule has 0 aromatic heterocycles. The van der Waals surface area contributed by atoms with Crippen molar-refractivity contribution in [2.24, 2.45) is 0 Å². The fourth-order valence-electron chi connectivity index (χ4n) is 2.88. The predicted molar refractivity (Wildman–Crippen MR) is 99.0 cm³/mol. The Bertz CT molecular complexity index is 562. The van der Waals surface area contributed by atoms with E-state index >= 15 is 0 Å². The predicted octanol–water partition coefficient (Wildman–Crippen LogP) is 4.22. The summed E-state index contributed by atoms with van der Waals surface area (Å²) in [6.07, 6.45) is 7.34. The maximum Gasteiger partial charge on any atom is 0.319 e. The highest BCUT2D eigenvalue weighted by atomic mass is 35.5. The molecule has 0 saturated heterocycles. The highest BCUT2D eigenvalue weighted by Crippen LogP contribution is 2.35. The molecule has 1 aromatic rings. The van der Waals surface area contributed by atoms with Crippen molar-refractivity contribution in [3.63, 3.8) is 0 Å². The van der Waals surface area contributed by atoms with E-state index in [1.54, 1.807) is 12.1 Å². The van der Waals surface area contributed by atoms with Gasteiger partial charge in [-0.25, -0.2) is 4.79 Å². The smallest absolute Gasteiger partial charge is 0.319 e. The third-order valence-corrected chi connectivity index (χ3v) is 4.53. The Kier molecular flexibility index (Phi) is 8.15. The van der Waals surface area contributed by atoms with Gasteiger partial charge in [0.25, 0.3) is 0 Å². The van der Waals surface area contributed by atoms with Crippen molar-refractivity contribution in [3.05, 3.63) is 17.2 Å². The van der Waals surface area contributed by atoms with Crippen molar-refractivity contribution >= 4 is 23.3 Å². The van der Waals surface area contributed by atoms with Crippen LogP contribution >= 0.6 is 11.6 Å².